The van der Waals surface area contributed by atoms with Crippen LogP contribution in [-0.4, -0.2) is 22.9 Å². The Kier molecular flexibility index (Phi) is 3.78. The maximum absolute atomic E-state index is 12.7. The van der Waals surface area contributed by atoms with E-state index in [1.165, 1.54) is 29.5 Å². The predicted molar refractivity (Wildman–Crippen MR) is 85.0 cm³/mol. The Balaban J connectivity index is 1.87. The molecule has 3 heteroatoms. The van der Waals surface area contributed by atoms with Crippen LogP contribution in [0.3, 0.4) is 0 Å². The molecule has 1 aromatic rings. The third-order valence-electron chi connectivity index (χ3n) is 4.88. The molecule has 1 aliphatic heterocycles. The van der Waals surface area contributed by atoms with Gasteiger partial charge in [-0.15, -0.1) is 0 Å². The smallest absolute Gasteiger partial charge is 0.244 e. The van der Waals surface area contributed by atoms with Crippen molar-refractivity contribution < 1.29 is 4.79 Å². The van der Waals surface area contributed by atoms with Gasteiger partial charge in [0.2, 0.25) is 5.91 Å². The molecule has 1 saturated carbocycles. The Morgan fingerprint density at radius 1 is 1.29 bits per heavy atom. The zero-order valence-corrected chi connectivity index (χ0v) is 13.4. The number of carbonyl (C=O) groups is 1. The van der Waals surface area contributed by atoms with Crippen molar-refractivity contribution in [1.29, 1.82) is 0 Å². The highest BCUT2D eigenvalue weighted by Crippen LogP contribution is 2.46. The summed E-state index contributed by atoms with van der Waals surface area (Å²) >= 11 is 0. The van der Waals surface area contributed by atoms with Gasteiger partial charge in [0.1, 0.15) is 11.7 Å². The van der Waals surface area contributed by atoms with E-state index in [-0.39, 0.29) is 11.7 Å². The van der Waals surface area contributed by atoms with Gasteiger partial charge in [-0.05, 0) is 44.2 Å². The Bertz CT molecular complexity index is 548. The number of nitrogens with one attached hydrogen (secondary N) is 1. The van der Waals surface area contributed by atoms with Gasteiger partial charge in [-0.3, -0.25) is 10.1 Å². The molecule has 114 valence electrons. The average Bonchev–Trinajstić information content (AvgIpc) is 3.19. The number of unbranched alkanes of at least 4 members (excludes halogenated alkanes) is 2. The quantitative estimate of drug-likeness (QED) is 0.841. The van der Waals surface area contributed by atoms with Crippen molar-refractivity contribution >= 4 is 5.91 Å². The van der Waals surface area contributed by atoms with Crippen molar-refractivity contribution in [3.8, 4) is 0 Å². The minimum atomic E-state index is -0.229. The van der Waals surface area contributed by atoms with Crippen LogP contribution in [0, 0.1) is 13.8 Å². The van der Waals surface area contributed by atoms with Gasteiger partial charge < -0.3 is 4.90 Å². The SMILES string of the molecule is CCCCCN1C(=O)C2(CC2)NC1c1cc(C)ccc1C. The molecule has 1 atom stereocenters. The summed E-state index contributed by atoms with van der Waals surface area (Å²) in [6, 6.07) is 6.54. The first-order chi connectivity index (χ1) is 10.1. The average molecular weight is 286 g/mol. The topological polar surface area (TPSA) is 32.3 Å². The highest BCUT2D eigenvalue weighted by atomic mass is 16.2. The lowest BCUT2D eigenvalue weighted by atomic mass is 10.0. The number of hydrogen-bond acceptors (Lipinski definition) is 2. The largest absolute Gasteiger partial charge is 0.321 e. The van der Waals surface area contributed by atoms with Crippen LogP contribution in [0.4, 0.5) is 0 Å². The van der Waals surface area contributed by atoms with E-state index >= 15 is 0 Å². The van der Waals surface area contributed by atoms with E-state index in [4.69, 9.17) is 0 Å². The molecule has 0 bridgehead atoms. The lowest BCUT2D eigenvalue weighted by Crippen LogP contribution is -2.33. The summed E-state index contributed by atoms with van der Waals surface area (Å²) in [6.45, 7) is 7.34. The second-order valence-corrected chi connectivity index (χ2v) is 6.69. The number of hydrogen-bond donors (Lipinski definition) is 1. The highest BCUT2D eigenvalue weighted by Gasteiger charge is 2.59. The molecule has 1 saturated heterocycles. The molecule has 0 radical (unpaired) electrons. The molecule has 3 nitrogen and oxygen atoms in total. The molecule has 1 amide bonds. The number of carbonyl (C=O) groups excluding carboxylic acids is 1. The molecule has 2 aliphatic rings. The Morgan fingerprint density at radius 2 is 2.05 bits per heavy atom. The monoisotopic (exact) mass is 286 g/mol. The summed E-state index contributed by atoms with van der Waals surface area (Å²) in [5.41, 5.74) is 3.57. The highest BCUT2D eigenvalue weighted by molar-refractivity contribution is 5.92. The van der Waals surface area contributed by atoms with Gasteiger partial charge in [-0.2, -0.15) is 0 Å². The molecule has 0 aromatic heterocycles. The van der Waals surface area contributed by atoms with Crippen molar-refractivity contribution in [2.75, 3.05) is 6.54 Å². The molecule has 3 rings (SSSR count). The van der Waals surface area contributed by atoms with Crippen molar-refractivity contribution in [2.45, 2.75) is 64.6 Å². The number of aryl methyl sites for hydroxylation is 2. The van der Waals surface area contributed by atoms with Gasteiger partial charge in [0, 0.05) is 6.54 Å². The van der Waals surface area contributed by atoms with Crippen LogP contribution in [0.25, 0.3) is 0 Å². The Labute approximate surface area is 127 Å². The van der Waals surface area contributed by atoms with Crippen molar-refractivity contribution in [3.63, 3.8) is 0 Å². The van der Waals surface area contributed by atoms with Crippen LogP contribution < -0.4 is 5.32 Å². The van der Waals surface area contributed by atoms with Gasteiger partial charge in [-0.25, -0.2) is 0 Å². The first kappa shape index (κ1) is 14.6. The predicted octanol–water partition coefficient (Wildman–Crippen LogP) is 3.46. The molecule has 1 spiro atoms. The van der Waals surface area contributed by atoms with Crippen LogP contribution in [0.5, 0.6) is 0 Å². The van der Waals surface area contributed by atoms with E-state index in [1.54, 1.807) is 0 Å². The van der Waals surface area contributed by atoms with Crippen LogP contribution in [0.1, 0.15) is 61.9 Å². The Morgan fingerprint density at radius 3 is 2.71 bits per heavy atom. The van der Waals surface area contributed by atoms with Gasteiger partial charge >= 0.3 is 0 Å². The van der Waals surface area contributed by atoms with E-state index in [9.17, 15) is 4.79 Å². The third kappa shape index (κ3) is 2.59. The molecule has 1 N–H and O–H groups in total. The van der Waals surface area contributed by atoms with Crippen molar-refractivity contribution in [3.05, 3.63) is 34.9 Å². The molecule has 21 heavy (non-hydrogen) atoms. The maximum Gasteiger partial charge on any atom is 0.244 e. The summed E-state index contributed by atoms with van der Waals surface area (Å²) in [5, 5.41) is 3.63. The number of amides is 1. The second-order valence-electron chi connectivity index (χ2n) is 6.69. The van der Waals surface area contributed by atoms with E-state index in [0.717, 1.165) is 25.8 Å². The summed E-state index contributed by atoms with van der Waals surface area (Å²) in [7, 11) is 0. The first-order valence-electron chi connectivity index (χ1n) is 8.23. The standard InChI is InChI=1S/C18H26N2O/c1-4-5-6-11-20-16(19-18(9-10-18)17(20)21)15-12-13(2)7-8-14(15)3/h7-8,12,16,19H,4-6,9-11H2,1-3H3. The van der Waals surface area contributed by atoms with Gasteiger partial charge in [-0.1, -0.05) is 43.5 Å². The van der Waals surface area contributed by atoms with Crippen molar-refractivity contribution in [2.24, 2.45) is 0 Å². The fourth-order valence-electron chi connectivity index (χ4n) is 3.34. The fraction of sp³-hybridized carbons (Fsp3) is 0.611. The van der Waals surface area contributed by atoms with Crippen LogP contribution in [0.2, 0.25) is 0 Å². The van der Waals surface area contributed by atoms with E-state index in [0.29, 0.717) is 5.91 Å². The normalized spacial score (nSPS) is 23.1. The molecule has 1 aromatic carbocycles. The first-order valence-corrected chi connectivity index (χ1v) is 8.23. The lowest BCUT2D eigenvalue weighted by molar-refractivity contribution is -0.130. The minimum absolute atomic E-state index is 0.0664. The van der Waals surface area contributed by atoms with Crippen LogP contribution >= 0.6 is 0 Å². The molecule has 1 aliphatic carbocycles. The molecule has 1 heterocycles. The number of benzene rings is 1. The molecular weight excluding hydrogens is 260 g/mol. The van der Waals surface area contributed by atoms with Gasteiger partial charge in [0.25, 0.3) is 0 Å². The summed E-state index contributed by atoms with van der Waals surface area (Å²) in [5.74, 6) is 0.324. The minimum Gasteiger partial charge on any atom is -0.321 e. The van der Waals surface area contributed by atoms with Crippen LogP contribution in [-0.2, 0) is 4.79 Å². The van der Waals surface area contributed by atoms with Crippen molar-refractivity contribution in [1.82, 2.24) is 10.2 Å². The van der Waals surface area contributed by atoms with E-state index in [2.05, 4.69) is 49.2 Å². The molecule has 2 fully saturated rings. The van der Waals surface area contributed by atoms with Crippen LogP contribution in [0.15, 0.2) is 18.2 Å². The zero-order chi connectivity index (χ0) is 15.0. The second kappa shape index (κ2) is 5.45. The fourth-order valence-corrected chi connectivity index (χ4v) is 3.34. The van der Waals surface area contributed by atoms with E-state index in [1.807, 2.05) is 0 Å². The lowest BCUT2D eigenvalue weighted by Gasteiger charge is -2.26. The Hall–Kier alpha value is -1.35. The molecule has 1 unspecified atom stereocenters. The number of nitrogens with zero attached hydrogens (tertiary/aromatic N) is 1. The van der Waals surface area contributed by atoms with E-state index < -0.39 is 0 Å². The zero-order valence-electron chi connectivity index (χ0n) is 13.4. The summed E-state index contributed by atoms with van der Waals surface area (Å²) in [4.78, 5) is 14.8. The van der Waals surface area contributed by atoms with Gasteiger partial charge in [0.15, 0.2) is 0 Å². The summed E-state index contributed by atoms with van der Waals surface area (Å²) < 4.78 is 0. The summed E-state index contributed by atoms with van der Waals surface area (Å²) in [6.07, 6.45) is 5.54. The maximum atomic E-state index is 12.7. The number of rotatable bonds is 5. The van der Waals surface area contributed by atoms with Gasteiger partial charge in [0.05, 0.1) is 0 Å². The molecular formula is C18H26N2O. The third-order valence-corrected chi connectivity index (χ3v) is 4.88.